The van der Waals surface area contributed by atoms with Crippen LogP contribution in [0.25, 0.3) is 0 Å². The number of imidazole rings is 1. The largest absolute Gasteiger partial charge is 0.339 e. The van der Waals surface area contributed by atoms with E-state index in [1.54, 1.807) is 11.8 Å². The predicted molar refractivity (Wildman–Crippen MR) is 53.4 cm³/mol. The van der Waals surface area contributed by atoms with Gasteiger partial charge >= 0.3 is 0 Å². The van der Waals surface area contributed by atoms with Gasteiger partial charge in [0.05, 0.1) is 5.69 Å². The highest BCUT2D eigenvalue weighted by Crippen LogP contribution is 2.13. The third-order valence-electron chi connectivity index (χ3n) is 1.30. The van der Waals surface area contributed by atoms with Crippen LogP contribution in [0.1, 0.15) is 5.69 Å². The van der Waals surface area contributed by atoms with Gasteiger partial charge in [0, 0.05) is 18.4 Å². The molecule has 3 heteroatoms. The summed E-state index contributed by atoms with van der Waals surface area (Å²) in [6.07, 6.45) is 6.44. The van der Waals surface area contributed by atoms with Crippen molar-refractivity contribution in [2.45, 2.75) is 11.6 Å². The number of thioether (sulfide) groups is 1. The average Bonchev–Trinajstić information content (AvgIpc) is 2.50. The van der Waals surface area contributed by atoms with Crippen molar-refractivity contribution in [2.24, 2.45) is 0 Å². The van der Waals surface area contributed by atoms with Gasteiger partial charge in [-0.15, -0.1) is 13.2 Å². The molecule has 0 saturated heterocycles. The molecule has 1 N–H and O–H groups in total. The Hall–Kier alpha value is -0.960. The zero-order valence-corrected chi connectivity index (χ0v) is 7.73. The van der Waals surface area contributed by atoms with Gasteiger partial charge in [-0.2, -0.15) is 0 Å². The summed E-state index contributed by atoms with van der Waals surface area (Å²) in [5, 5.41) is 0.951. The van der Waals surface area contributed by atoms with Gasteiger partial charge < -0.3 is 4.98 Å². The quantitative estimate of drug-likeness (QED) is 0.557. The maximum absolute atomic E-state index is 4.33. The molecule has 1 rings (SSSR count). The first-order valence-corrected chi connectivity index (χ1v) is 4.74. The molecular weight excluding hydrogens is 168 g/mol. The second kappa shape index (κ2) is 4.83. The smallest absolute Gasteiger partial charge is 0.165 e. The minimum absolute atomic E-state index is 0.825. The first-order valence-electron chi connectivity index (χ1n) is 3.75. The van der Waals surface area contributed by atoms with Crippen molar-refractivity contribution in [2.75, 3.05) is 5.75 Å². The Morgan fingerprint density at radius 2 is 2.33 bits per heavy atom. The van der Waals surface area contributed by atoms with Crippen LogP contribution in [0.2, 0.25) is 0 Å². The highest BCUT2D eigenvalue weighted by molar-refractivity contribution is 7.99. The molecule has 0 unspecified atom stereocenters. The molecule has 0 aliphatic rings. The van der Waals surface area contributed by atoms with Crippen molar-refractivity contribution in [3.8, 4) is 0 Å². The molecule has 64 valence electrons. The number of hydrogen-bond donors (Lipinski definition) is 1. The normalized spacial score (nSPS) is 9.67. The third-order valence-corrected chi connectivity index (χ3v) is 2.18. The van der Waals surface area contributed by atoms with Gasteiger partial charge in [0.25, 0.3) is 0 Å². The van der Waals surface area contributed by atoms with Gasteiger partial charge in [0.2, 0.25) is 0 Å². The van der Waals surface area contributed by atoms with E-state index in [9.17, 15) is 0 Å². The van der Waals surface area contributed by atoms with Gasteiger partial charge in [0.1, 0.15) is 0 Å². The van der Waals surface area contributed by atoms with Crippen LogP contribution in [0.3, 0.4) is 0 Å². The van der Waals surface area contributed by atoms with Crippen LogP contribution in [0, 0.1) is 0 Å². The lowest BCUT2D eigenvalue weighted by Crippen LogP contribution is -1.80. The number of hydrogen-bond acceptors (Lipinski definition) is 2. The highest BCUT2D eigenvalue weighted by Gasteiger charge is 1.97. The Labute approximate surface area is 76.8 Å². The van der Waals surface area contributed by atoms with Crippen LogP contribution in [0.5, 0.6) is 0 Å². The van der Waals surface area contributed by atoms with Crippen LogP contribution in [0.4, 0.5) is 0 Å². The summed E-state index contributed by atoms with van der Waals surface area (Å²) in [4.78, 5) is 7.41. The van der Waals surface area contributed by atoms with E-state index in [2.05, 4.69) is 23.1 Å². The maximum atomic E-state index is 4.33. The van der Waals surface area contributed by atoms with Crippen LogP contribution >= 0.6 is 11.8 Å². The molecule has 0 aliphatic carbocycles. The van der Waals surface area contributed by atoms with Gasteiger partial charge in [0.15, 0.2) is 5.16 Å². The van der Waals surface area contributed by atoms with E-state index in [0.29, 0.717) is 0 Å². The number of H-pyrrole nitrogens is 1. The average molecular weight is 180 g/mol. The van der Waals surface area contributed by atoms with Crippen molar-refractivity contribution < 1.29 is 0 Å². The number of nitrogens with one attached hydrogen (secondary N) is 1. The topological polar surface area (TPSA) is 28.7 Å². The monoisotopic (exact) mass is 180 g/mol. The fourth-order valence-corrected chi connectivity index (χ4v) is 1.40. The van der Waals surface area contributed by atoms with E-state index < -0.39 is 0 Å². The number of aromatic amines is 1. The summed E-state index contributed by atoms with van der Waals surface area (Å²) in [7, 11) is 0. The number of rotatable bonds is 5. The summed E-state index contributed by atoms with van der Waals surface area (Å²) in [5.41, 5.74) is 1.04. The standard InChI is InChI=1S/C9H12N2S/c1-3-5-8-7-10-9(11-8)12-6-4-2/h3-4,7H,1-2,5-6H2,(H,10,11). The number of aromatic nitrogens is 2. The molecule has 0 bridgehead atoms. The minimum atomic E-state index is 0.825. The Kier molecular flexibility index (Phi) is 3.67. The molecule has 12 heavy (non-hydrogen) atoms. The first-order chi connectivity index (χ1) is 5.86. The molecule has 0 saturated carbocycles. The van der Waals surface area contributed by atoms with Gasteiger partial charge in [-0.1, -0.05) is 23.9 Å². The maximum Gasteiger partial charge on any atom is 0.165 e. The molecule has 0 amide bonds. The fraction of sp³-hybridized carbons (Fsp3) is 0.222. The van der Waals surface area contributed by atoms with Gasteiger partial charge in [-0.05, 0) is 0 Å². The lowest BCUT2D eigenvalue weighted by molar-refractivity contribution is 1.02. The molecule has 0 aliphatic heterocycles. The lowest BCUT2D eigenvalue weighted by Gasteiger charge is -1.88. The highest BCUT2D eigenvalue weighted by atomic mass is 32.2. The molecule has 0 aromatic carbocycles. The Bertz CT molecular complexity index is 265. The molecule has 0 fully saturated rings. The zero-order valence-electron chi connectivity index (χ0n) is 6.92. The molecule has 1 heterocycles. The summed E-state index contributed by atoms with van der Waals surface area (Å²) in [6.45, 7) is 7.29. The molecule has 0 spiro atoms. The predicted octanol–water partition coefficient (Wildman–Crippen LogP) is 2.42. The Morgan fingerprint density at radius 1 is 1.50 bits per heavy atom. The fourth-order valence-electron chi connectivity index (χ4n) is 0.804. The molecule has 1 aromatic rings. The van der Waals surface area contributed by atoms with E-state index in [-0.39, 0.29) is 0 Å². The summed E-state index contributed by atoms with van der Waals surface area (Å²) < 4.78 is 0. The van der Waals surface area contributed by atoms with Gasteiger partial charge in [-0.3, -0.25) is 0 Å². The number of nitrogens with zero attached hydrogens (tertiary/aromatic N) is 1. The van der Waals surface area contributed by atoms with E-state index in [1.165, 1.54) is 0 Å². The SMILES string of the molecule is C=CCSc1nc(CC=C)c[nH]1. The van der Waals surface area contributed by atoms with Crippen molar-refractivity contribution in [3.05, 3.63) is 37.2 Å². The van der Waals surface area contributed by atoms with Crippen LogP contribution in [0.15, 0.2) is 36.7 Å². The van der Waals surface area contributed by atoms with Crippen molar-refractivity contribution >= 4 is 11.8 Å². The zero-order chi connectivity index (χ0) is 8.81. The summed E-state index contributed by atoms with van der Waals surface area (Å²) >= 11 is 1.65. The Morgan fingerprint density at radius 3 is 3.00 bits per heavy atom. The second-order valence-corrected chi connectivity index (χ2v) is 3.30. The van der Waals surface area contributed by atoms with E-state index in [0.717, 1.165) is 23.0 Å². The summed E-state index contributed by atoms with van der Waals surface area (Å²) in [5.74, 6) is 0.890. The molecule has 2 nitrogen and oxygen atoms in total. The van der Waals surface area contributed by atoms with Crippen LogP contribution in [-0.2, 0) is 6.42 Å². The Balaban J connectivity index is 2.51. The number of allylic oxidation sites excluding steroid dienone is 1. The van der Waals surface area contributed by atoms with E-state index in [1.807, 2.05) is 18.3 Å². The van der Waals surface area contributed by atoms with E-state index in [4.69, 9.17) is 0 Å². The lowest BCUT2D eigenvalue weighted by atomic mass is 10.3. The van der Waals surface area contributed by atoms with Crippen LogP contribution in [-0.4, -0.2) is 15.7 Å². The van der Waals surface area contributed by atoms with Crippen LogP contribution < -0.4 is 0 Å². The van der Waals surface area contributed by atoms with Crippen molar-refractivity contribution in [1.29, 1.82) is 0 Å². The van der Waals surface area contributed by atoms with E-state index >= 15 is 0 Å². The molecule has 0 radical (unpaired) electrons. The third kappa shape index (κ3) is 2.58. The molecule has 1 aromatic heterocycles. The van der Waals surface area contributed by atoms with Gasteiger partial charge in [-0.25, -0.2) is 4.98 Å². The summed E-state index contributed by atoms with van der Waals surface area (Å²) in [6, 6.07) is 0. The van der Waals surface area contributed by atoms with Crippen molar-refractivity contribution in [3.63, 3.8) is 0 Å². The minimum Gasteiger partial charge on any atom is -0.339 e. The molecule has 0 atom stereocenters. The van der Waals surface area contributed by atoms with Crippen molar-refractivity contribution in [1.82, 2.24) is 9.97 Å². The second-order valence-electron chi connectivity index (χ2n) is 2.29. The molecular formula is C9H12N2S. The first kappa shape index (κ1) is 9.13.